The molecule has 20 heavy (non-hydrogen) atoms. The second-order valence-corrected chi connectivity index (χ2v) is 6.89. The first-order valence-electron chi connectivity index (χ1n) is 7.86. The fraction of sp³-hybridized carbons (Fsp3) is 0.667. The maximum Gasteiger partial charge on any atom is 0.0467 e. The van der Waals surface area contributed by atoms with E-state index in [2.05, 4.69) is 44.3 Å². The summed E-state index contributed by atoms with van der Waals surface area (Å²) in [7, 11) is 1.77. The molecule has 1 aromatic carbocycles. The van der Waals surface area contributed by atoms with Gasteiger partial charge in [-0.3, -0.25) is 0 Å². The van der Waals surface area contributed by atoms with Crippen LogP contribution < -0.4 is 5.32 Å². The Morgan fingerprint density at radius 2 is 2.00 bits per heavy atom. The summed E-state index contributed by atoms with van der Waals surface area (Å²) in [5, 5.41) is 3.68. The van der Waals surface area contributed by atoms with Crippen LogP contribution in [-0.2, 0) is 17.6 Å². The standard InChI is InChI=1S/C18H29NO/c1-14(19-13-18(2,3)10-11-20-4)16-9-8-15-6-5-7-17(15)12-16/h8-9,12,14,19H,5-7,10-11,13H2,1-4H3. The van der Waals surface area contributed by atoms with Crippen LogP contribution in [0.4, 0.5) is 0 Å². The molecule has 2 heteroatoms. The SMILES string of the molecule is COCCC(C)(C)CNC(C)c1ccc2c(c1)CCC2. The van der Waals surface area contributed by atoms with E-state index >= 15 is 0 Å². The summed E-state index contributed by atoms with van der Waals surface area (Å²) in [6, 6.07) is 7.45. The van der Waals surface area contributed by atoms with Gasteiger partial charge in [0.05, 0.1) is 0 Å². The molecule has 0 heterocycles. The summed E-state index contributed by atoms with van der Waals surface area (Å²) >= 11 is 0. The maximum absolute atomic E-state index is 5.19. The van der Waals surface area contributed by atoms with Crippen molar-refractivity contribution in [1.29, 1.82) is 0 Å². The van der Waals surface area contributed by atoms with Crippen molar-refractivity contribution in [3.63, 3.8) is 0 Å². The minimum atomic E-state index is 0.279. The van der Waals surface area contributed by atoms with E-state index in [9.17, 15) is 0 Å². The van der Waals surface area contributed by atoms with Crippen molar-refractivity contribution in [2.24, 2.45) is 5.41 Å². The summed E-state index contributed by atoms with van der Waals surface area (Å²) < 4.78 is 5.19. The zero-order valence-corrected chi connectivity index (χ0v) is 13.5. The largest absolute Gasteiger partial charge is 0.385 e. The average molecular weight is 275 g/mol. The Labute approximate surface area is 123 Å². The summed E-state index contributed by atoms with van der Waals surface area (Å²) in [6.07, 6.45) is 4.94. The summed E-state index contributed by atoms with van der Waals surface area (Å²) in [5.74, 6) is 0. The normalized spacial score (nSPS) is 16.2. The summed E-state index contributed by atoms with van der Waals surface area (Å²) in [6.45, 7) is 8.72. The molecule has 1 unspecified atom stereocenters. The van der Waals surface area contributed by atoms with E-state index in [4.69, 9.17) is 4.74 Å². The number of hydrogen-bond donors (Lipinski definition) is 1. The molecular weight excluding hydrogens is 246 g/mol. The number of hydrogen-bond acceptors (Lipinski definition) is 2. The van der Waals surface area contributed by atoms with Gasteiger partial charge in [0.15, 0.2) is 0 Å². The maximum atomic E-state index is 5.19. The molecule has 0 amide bonds. The fourth-order valence-corrected chi connectivity index (χ4v) is 2.88. The second kappa shape index (κ2) is 6.73. The van der Waals surface area contributed by atoms with Gasteiger partial charge in [0.25, 0.3) is 0 Å². The lowest BCUT2D eigenvalue weighted by Crippen LogP contribution is -2.32. The number of methoxy groups -OCH3 is 1. The first-order valence-corrected chi connectivity index (χ1v) is 7.86. The molecule has 112 valence electrons. The Balaban J connectivity index is 1.90. The molecule has 0 aliphatic heterocycles. The third kappa shape index (κ3) is 4.07. The zero-order chi connectivity index (χ0) is 14.6. The van der Waals surface area contributed by atoms with Gasteiger partial charge in [-0.25, -0.2) is 0 Å². The molecule has 0 fully saturated rings. The van der Waals surface area contributed by atoms with Crippen molar-refractivity contribution in [2.75, 3.05) is 20.3 Å². The number of benzene rings is 1. The van der Waals surface area contributed by atoms with Crippen LogP contribution >= 0.6 is 0 Å². The van der Waals surface area contributed by atoms with Crippen molar-refractivity contribution in [2.45, 2.75) is 52.5 Å². The molecule has 0 saturated carbocycles. The topological polar surface area (TPSA) is 21.3 Å². The van der Waals surface area contributed by atoms with E-state index < -0.39 is 0 Å². The smallest absolute Gasteiger partial charge is 0.0467 e. The van der Waals surface area contributed by atoms with E-state index in [0.29, 0.717) is 6.04 Å². The molecule has 2 rings (SSSR count). The molecule has 1 aliphatic rings. The Morgan fingerprint density at radius 1 is 1.25 bits per heavy atom. The second-order valence-electron chi connectivity index (χ2n) is 6.89. The van der Waals surface area contributed by atoms with E-state index in [1.807, 2.05) is 0 Å². The lowest BCUT2D eigenvalue weighted by molar-refractivity contribution is 0.149. The number of aryl methyl sites for hydroxylation is 2. The Bertz CT molecular complexity index is 439. The van der Waals surface area contributed by atoms with Gasteiger partial charge in [-0.15, -0.1) is 0 Å². The molecule has 0 aromatic heterocycles. The van der Waals surface area contributed by atoms with Crippen LogP contribution in [-0.4, -0.2) is 20.3 Å². The molecule has 0 bridgehead atoms. The highest BCUT2D eigenvalue weighted by atomic mass is 16.5. The van der Waals surface area contributed by atoms with Crippen molar-refractivity contribution in [3.05, 3.63) is 34.9 Å². The number of ether oxygens (including phenoxy) is 1. The number of nitrogens with one attached hydrogen (secondary N) is 1. The highest BCUT2D eigenvalue weighted by Gasteiger charge is 2.19. The molecule has 0 saturated heterocycles. The van der Waals surface area contributed by atoms with E-state index in [0.717, 1.165) is 19.6 Å². The third-order valence-corrected chi connectivity index (χ3v) is 4.49. The van der Waals surface area contributed by atoms with E-state index in [1.165, 1.54) is 24.8 Å². The van der Waals surface area contributed by atoms with Crippen LogP contribution in [0.2, 0.25) is 0 Å². The van der Waals surface area contributed by atoms with Crippen LogP contribution in [0.25, 0.3) is 0 Å². The van der Waals surface area contributed by atoms with Gasteiger partial charge in [-0.1, -0.05) is 32.0 Å². The lowest BCUT2D eigenvalue weighted by atomic mass is 9.89. The van der Waals surface area contributed by atoms with E-state index in [-0.39, 0.29) is 5.41 Å². The lowest BCUT2D eigenvalue weighted by Gasteiger charge is -2.27. The van der Waals surface area contributed by atoms with Gasteiger partial charge in [-0.2, -0.15) is 0 Å². The summed E-state index contributed by atoms with van der Waals surface area (Å²) in [4.78, 5) is 0. The Kier molecular flexibility index (Phi) is 5.22. The van der Waals surface area contributed by atoms with Gasteiger partial charge in [0.2, 0.25) is 0 Å². The van der Waals surface area contributed by atoms with Gasteiger partial charge in [-0.05, 0) is 54.7 Å². The van der Waals surface area contributed by atoms with Crippen molar-refractivity contribution in [1.82, 2.24) is 5.32 Å². The van der Waals surface area contributed by atoms with Gasteiger partial charge in [0.1, 0.15) is 0 Å². The molecule has 1 aliphatic carbocycles. The number of rotatable bonds is 7. The van der Waals surface area contributed by atoms with Crippen LogP contribution in [0, 0.1) is 5.41 Å². The molecule has 1 N–H and O–H groups in total. The quantitative estimate of drug-likeness (QED) is 0.815. The van der Waals surface area contributed by atoms with Crippen LogP contribution in [0.5, 0.6) is 0 Å². The molecule has 2 nitrogen and oxygen atoms in total. The highest BCUT2D eigenvalue weighted by Crippen LogP contribution is 2.26. The van der Waals surface area contributed by atoms with Gasteiger partial charge < -0.3 is 10.1 Å². The van der Waals surface area contributed by atoms with Gasteiger partial charge in [0, 0.05) is 26.3 Å². The molecular formula is C18H29NO. The zero-order valence-electron chi connectivity index (χ0n) is 13.5. The Morgan fingerprint density at radius 3 is 2.75 bits per heavy atom. The van der Waals surface area contributed by atoms with Crippen LogP contribution in [0.15, 0.2) is 18.2 Å². The van der Waals surface area contributed by atoms with Gasteiger partial charge >= 0.3 is 0 Å². The van der Waals surface area contributed by atoms with Crippen LogP contribution in [0.1, 0.15) is 56.3 Å². The average Bonchev–Trinajstić information content (AvgIpc) is 2.90. The third-order valence-electron chi connectivity index (χ3n) is 4.49. The predicted molar refractivity (Wildman–Crippen MR) is 85.2 cm³/mol. The van der Waals surface area contributed by atoms with Crippen molar-refractivity contribution < 1.29 is 4.74 Å². The Hall–Kier alpha value is -0.860. The first kappa shape index (κ1) is 15.5. The molecule has 1 atom stereocenters. The van der Waals surface area contributed by atoms with Crippen molar-refractivity contribution in [3.8, 4) is 0 Å². The number of fused-ring (bicyclic) bond motifs is 1. The first-order chi connectivity index (χ1) is 9.52. The van der Waals surface area contributed by atoms with E-state index in [1.54, 1.807) is 18.2 Å². The van der Waals surface area contributed by atoms with Crippen LogP contribution in [0.3, 0.4) is 0 Å². The minimum absolute atomic E-state index is 0.279. The summed E-state index contributed by atoms with van der Waals surface area (Å²) in [5.41, 5.74) is 4.82. The molecule has 1 aromatic rings. The monoisotopic (exact) mass is 275 g/mol. The fourth-order valence-electron chi connectivity index (χ4n) is 2.88. The minimum Gasteiger partial charge on any atom is -0.385 e. The molecule has 0 spiro atoms. The predicted octanol–water partition coefficient (Wildman–Crippen LogP) is 3.89. The van der Waals surface area contributed by atoms with Crippen molar-refractivity contribution >= 4 is 0 Å². The highest BCUT2D eigenvalue weighted by molar-refractivity contribution is 5.36. The molecule has 0 radical (unpaired) electrons.